The van der Waals surface area contributed by atoms with Crippen molar-refractivity contribution in [2.24, 2.45) is 12.8 Å². The van der Waals surface area contributed by atoms with Crippen LogP contribution in [0.1, 0.15) is 11.4 Å². The van der Waals surface area contributed by atoms with Gasteiger partial charge in [-0.3, -0.25) is 4.79 Å². The fraction of sp³-hybridized carbons (Fsp3) is 0.400. The van der Waals surface area contributed by atoms with E-state index in [2.05, 4.69) is 5.10 Å². The van der Waals surface area contributed by atoms with E-state index in [0.717, 1.165) is 17.0 Å². The van der Waals surface area contributed by atoms with E-state index in [0.29, 0.717) is 13.2 Å². The Balaban J connectivity index is 2.71. The van der Waals surface area contributed by atoms with Crippen molar-refractivity contribution >= 4 is 5.65 Å². The fourth-order valence-corrected chi connectivity index (χ4v) is 1.68. The molecule has 6 nitrogen and oxygen atoms in total. The van der Waals surface area contributed by atoms with Gasteiger partial charge >= 0.3 is 0 Å². The second kappa shape index (κ2) is 4.07. The van der Waals surface area contributed by atoms with Gasteiger partial charge in [-0.1, -0.05) is 0 Å². The Bertz CT molecular complexity index is 570. The van der Waals surface area contributed by atoms with Gasteiger partial charge in [-0.2, -0.15) is 9.61 Å². The van der Waals surface area contributed by atoms with Crippen molar-refractivity contribution in [2.45, 2.75) is 13.2 Å². The average Bonchev–Trinajstić information content (AvgIpc) is 2.68. The van der Waals surface area contributed by atoms with E-state index in [9.17, 15) is 4.79 Å². The highest BCUT2D eigenvalue weighted by Crippen LogP contribution is 2.06. The first-order valence-electron chi connectivity index (χ1n) is 4.94. The van der Waals surface area contributed by atoms with E-state index < -0.39 is 0 Å². The largest absolute Gasteiger partial charge is 0.378 e. The second-order valence-electron chi connectivity index (χ2n) is 3.58. The Kier molecular flexibility index (Phi) is 2.76. The van der Waals surface area contributed by atoms with Gasteiger partial charge in [0.15, 0.2) is 0 Å². The van der Waals surface area contributed by atoms with Gasteiger partial charge in [-0.05, 0) is 0 Å². The Morgan fingerprint density at radius 2 is 2.25 bits per heavy atom. The molecule has 0 aliphatic heterocycles. The number of nitrogens with zero attached hydrogens (tertiary/aromatic N) is 3. The highest BCUT2D eigenvalue weighted by Gasteiger charge is 2.08. The molecule has 0 aliphatic carbocycles. The van der Waals surface area contributed by atoms with Crippen LogP contribution in [0.25, 0.3) is 5.65 Å². The van der Waals surface area contributed by atoms with Crippen LogP contribution in [0.2, 0.25) is 0 Å². The molecule has 0 saturated carbocycles. The molecule has 0 fully saturated rings. The summed E-state index contributed by atoms with van der Waals surface area (Å²) in [7, 11) is 3.45. The van der Waals surface area contributed by atoms with Crippen LogP contribution in [0, 0.1) is 0 Å². The van der Waals surface area contributed by atoms with Gasteiger partial charge in [0.2, 0.25) is 0 Å². The lowest BCUT2D eigenvalue weighted by atomic mass is 10.3. The maximum Gasteiger partial charge on any atom is 0.274 e. The number of aryl methyl sites for hydroxylation is 1. The van der Waals surface area contributed by atoms with Gasteiger partial charge in [0, 0.05) is 38.5 Å². The Morgan fingerprint density at radius 1 is 1.50 bits per heavy atom. The molecule has 0 aromatic carbocycles. The third kappa shape index (κ3) is 1.62. The number of fused-ring (bicyclic) bond motifs is 1. The highest BCUT2D eigenvalue weighted by molar-refractivity contribution is 5.41. The molecule has 0 saturated heterocycles. The predicted octanol–water partition coefficient (Wildman–Crippen LogP) is -0.362. The van der Waals surface area contributed by atoms with Crippen molar-refractivity contribution in [1.29, 1.82) is 0 Å². The van der Waals surface area contributed by atoms with Gasteiger partial charge < -0.3 is 15.0 Å². The molecule has 16 heavy (non-hydrogen) atoms. The number of hydrogen-bond acceptors (Lipinski definition) is 4. The first kappa shape index (κ1) is 10.8. The molecular weight excluding hydrogens is 208 g/mol. The summed E-state index contributed by atoms with van der Waals surface area (Å²) in [4.78, 5) is 11.7. The van der Waals surface area contributed by atoms with Crippen LogP contribution in [0.4, 0.5) is 0 Å². The van der Waals surface area contributed by atoms with Gasteiger partial charge in [-0.15, -0.1) is 0 Å². The number of ether oxygens (including phenoxy) is 1. The molecule has 2 aromatic heterocycles. The van der Waals surface area contributed by atoms with Crippen LogP contribution in [0.15, 0.2) is 16.9 Å². The normalized spacial score (nSPS) is 11.2. The summed E-state index contributed by atoms with van der Waals surface area (Å²) in [6.07, 6.45) is 0. The average molecular weight is 222 g/mol. The summed E-state index contributed by atoms with van der Waals surface area (Å²) in [5.74, 6) is 0. The minimum Gasteiger partial charge on any atom is -0.378 e. The zero-order valence-corrected chi connectivity index (χ0v) is 9.30. The molecule has 0 bridgehead atoms. The second-order valence-corrected chi connectivity index (χ2v) is 3.58. The third-order valence-electron chi connectivity index (χ3n) is 2.52. The van der Waals surface area contributed by atoms with E-state index in [4.69, 9.17) is 10.5 Å². The number of aromatic nitrogens is 3. The number of hydrogen-bond donors (Lipinski definition) is 1. The molecule has 2 rings (SSSR count). The molecule has 0 unspecified atom stereocenters. The van der Waals surface area contributed by atoms with Gasteiger partial charge in [0.1, 0.15) is 5.65 Å². The lowest BCUT2D eigenvalue weighted by molar-refractivity contribution is 0.181. The summed E-state index contributed by atoms with van der Waals surface area (Å²) in [6, 6.07) is 3.32. The fourth-order valence-electron chi connectivity index (χ4n) is 1.68. The predicted molar refractivity (Wildman–Crippen MR) is 59.0 cm³/mol. The Morgan fingerprint density at radius 3 is 2.88 bits per heavy atom. The van der Waals surface area contributed by atoms with Crippen LogP contribution in [-0.4, -0.2) is 21.3 Å². The van der Waals surface area contributed by atoms with Crippen molar-refractivity contribution in [2.75, 3.05) is 7.11 Å². The van der Waals surface area contributed by atoms with Crippen LogP contribution in [0.3, 0.4) is 0 Å². The zero-order chi connectivity index (χ0) is 11.7. The maximum absolute atomic E-state index is 11.7. The van der Waals surface area contributed by atoms with Crippen LogP contribution in [-0.2, 0) is 24.9 Å². The maximum atomic E-state index is 11.7. The molecule has 0 amide bonds. The minimum absolute atomic E-state index is 0.170. The van der Waals surface area contributed by atoms with Crippen molar-refractivity contribution < 1.29 is 4.74 Å². The first-order valence-corrected chi connectivity index (χ1v) is 4.94. The van der Waals surface area contributed by atoms with Crippen LogP contribution < -0.4 is 11.3 Å². The van der Waals surface area contributed by atoms with Gasteiger partial charge in [-0.25, -0.2) is 0 Å². The van der Waals surface area contributed by atoms with Gasteiger partial charge in [0.25, 0.3) is 5.56 Å². The zero-order valence-electron chi connectivity index (χ0n) is 9.30. The molecule has 0 atom stereocenters. The van der Waals surface area contributed by atoms with E-state index in [1.165, 1.54) is 10.6 Å². The minimum atomic E-state index is -0.170. The molecule has 6 heteroatoms. The monoisotopic (exact) mass is 222 g/mol. The van der Waals surface area contributed by atoms with E-state index in [-0.39, 0.29) is 5.56 Å². The summed E-state index contributed by atoms with van der Waals surface area (Å²) < 4.78 is 8.19. The molecule has 86 valence electrons. The summed E-state index contributed by atoms with van der Waals surface area (Å²) in [5, 5.41) is 4.16. The van der Waals surface area contributed by atoms with Crippen molar-refractivity contribution in [1.82, 2.24) is 14.2 Å². The van der Waals surface area contributed by atoms with E-state index in [1.54, 1.807) is 7.11 Å². The summed E-state index contributed by atoms with van der Waals surface area (Å²) in [6.45, 7) is 0.714. The summed E-state index contributed by atoms with van der Waals surface area (Å²) in [5.41, 5.74) is 7.62. The van der Waals surface area contributed by atoms with E-state index in [1.807, 2.05) is 17.7 Å². The molecular formula is C10H14N4O2. The first-order chi connectivity index (χ1) is 7.67. The SMILES string of the molecule is COCc1cc2n(C)c(CN)cc(=O)n2n1. The van der Waals surface area contributed by atoms with Gasteiger partial charge in [0.05, 0.1) is 12.3 Å². The highest BCUT2D eigenvalue weighted by atomic mass is 16.5. The smallest absolute Gasteiger partial charge is 0.274 e. The molecule has 0 aliphatic rings. The molecule has 2 heterocycles. The summed E-state index contributed by atoms with van der Waals surface area (Å²) >= 11 is 0. The van der Waals surface area contributed by atoms with Crippen molar-refractivity contribution in [3.05, 3.63) is 33.9 Å². The van der Waals surface area contributed by atoms with Crippen LogP contribution in [0.5, 0.6) is 0 Å². The standard InChI is InChI=1S/C10H14N4O2/c1-13-8(5-11)4-10(15)14-9(13)3-7(12-14)6-16-2/h3-4H,5-6,11H2,1-2H3. The molecule has 2 aromatic rings. The number of rotatable bonds is 3. The Hall–Kier alpha value is -1.66. The number of nitrogens with two attached hydrogens (primary N) is 1. The van der Waals surface area contributed by atoms with Crippen molar-refractivity contribution in [3.8, 4) is 0 Å². The van der Waals surface area contributed by atoms with E-state index >= 15 is 0 Å². The third-order valence-corrected chi connectivity index (χ3v) is 2.52. The van der Waals surface area contributed by atoms with Crippen molar-refractivity contribution in [3.63, 3.8) is 0 Å². The lowest BCUT2D eigenvalue weighted by Crippen LogP contribution is -2.21. The molecule has 0 spiro atoms. The quantitative estimate of drug-likeness (QED) is 0.769. The Labute approximate surface area is 92.2 Å². The molecule has 0 radical (unpaired) electrons. The lowest BCUT2D eigenvalue weighted by Gasteiger charge is -2.07. The van der Waals surface area contributed by atoms with Crippen LogP contribution >= 0.6 is 0 Å². The molecule has 2 N–H and O–H groups in total. The number of methoxy groups -OCH3 is 1. The topological polar surface area (TPSA) is 74.5 Å².